The number of ether oxygens (including phenoxy) is 2. The summed E-state index contributed by atoms with van der Waals surface area (Å²) in [6.45, 7) is 0.226. The van der Waals surface area contributed by atoms with Crippen LogP contribution in [0.1, 0.15) is 0 Å². The zero-order chi connectivity index (χ0) is 17.9. The fourth-order valence-electron chi connectivity index (χ4n) is 2.60. The number of hydrogen-bond donors (Lipinski definition) is 2. The third-order valence-corrected chi connectivity index (χ3v) is 6.56. The first-order valence-corrected chi connectivity index (χ1v) is 10.5. The molecule has 1 aliphatic heterocycles. The number of nitrogens with zero attached hydrogens (tertiary/aromatic N) is 2. The molecule has 0 saturated carbocycles. The number of thiazole rings is 2. The molecule has 0 saturated heterocycles. The van der Waals surface area contributed by atoms with Crippen LogP contribution < -0.4 is 19.9 Å². The Balaban J connectivity index is 1.50. The quantitative estimate of drug-likeness (QED) is 0.537. The molecule has 26 heavy (non-hydrogen) atoms. The van der Waals surface area contributed by atoms with Gasteiger partial charge in [-0.05, 0) is 18.2 Å². The van der Waals surface area contributed by atoms with Crippen molar-refractivity contribution in [3.05, 3.63) is 30.3 Å². The molecule has 4 aromatic rings. The lowest BCUT2D eigenvalue weighted by molar-refractivity contribution is 0.174. The van der Waals surface area contributed by atoms with Crippen molar-refractivity contribution in [1.29, 1.82) is 0 Å². The molecule has 132 valence electrons. The van der Waals surface area contributed by atoms with E-state index >= 15 is 0 Å². The Labute approximate surface area is 155 Å². The minimum atomic E-state index is -3.74. The molecule has 11 heteroatoms. The maximum atomic E-state index is 11.5. The number of hydrogen-bond acceptors (Lipinski definition) is 9. The molecule has 0 aliphatic carbocycles. The molecule has 0 radical (unpaired) electrons. The number of nitrogens with one attached hydrogen (secondary N) is 1. The van der Waals surface area contributed by atoms with Crippen molar-refractivity contribution < 1.29 is 17.9 Å². The third kappa shape index (κ3) is 2.65. The fourth-order valence-corrected chi connectivity index (χ4v) is 5.06. The van der Waals surface area contributed by atoms with Crippen LogP contribution in [0.3, 0.4) is 0 Å². The molecular formula is C15H10N4O4S3. The summed E-state index contributed by atoms with van der Waals surface area (Å²) >= 11 is 2.80. The van der Waals surface area contributed by atoms with E-state index in [4.69, 9.17) is 14.6 Å². The van der Waals surface area contributed by atoms with Gasteiger partial charge in [0.05, 0.1) is 25.3 Å². The largest absolute Gasteiger partial charge is 0.454 e. The summed E-state index contributed by atoms with van der Waals surface area (Å²) in [7, 11) is -3.74. The Morgan fingerprint density at radius 2 is 1.62 bits per heavy atom. The summed E-state index contributed by atoms with van der Waals surface area (Å²) in [5.41, 5.74) is 1.49. The van der Waals surface area contributed by atoms with Crippen LogP contribution in [0.25, 0.3) is 20.4 Å². The maximum absolute atomic E-state index is 11.5. The summed E-state index contributed by atoms with van der Waals surface area (Å²) in [6.07, 6.45) is 0. The van der Waals surface area contributed by atoms with Gasteiger partial charge < -0.3 is 14.8 Å². The average molecular weight is 406 g/mol. The van der Waals surface area contributed by atoms with E-state index in [0.717, 1.165) is 14.9 Å². The zero-order valence-corrected chi connectivity index (χ0v) is 15.4. The normalized spacial score (nSPS) is 13.6. The van der Waals surface area contributed by atoms with Crippen molar-refractivity contribution in [2.45, 2.75) is 4.90 Å². The SMILES string of the molecule is NS(=O)(=O)c1ccc2nc(Nc3nc4cc5c(cc4s3)OCO5)sc2c1. The van der Waals surface area contributed by atoms with Gasteiger partial charge in [0.15, 0.2) is 21.8 Å². The van der Waals surface area contributed by atoms with Gasteiger partial charge in [-0.2, -0.15) is 0 Å². The highest BCUT2D eigenvalue weighted by atomic mass is 32.2. The minimum absolute atomic E-state index is 0.0645. The van der Waals surface area contributed by atoms with E-state index < -0.39 is 10.0 Å². The number of fused-ring (bicyclic) bond motifs is 3. The molecule has 0 atom stereocenters. The number of nitrogens with two attached hydrogens (primary N) is 1. The smallest absolute Gasteiger partial charge is 0.238 e. The van der Waals surface area contributed by atoms with Crippen LogP contribution in [0.2, 0.25) is 0 Å². The average Bonchev–Trinajstić information content (AvgIpc) is 3.27. The first-order chi connectivity index (χ1) is 12.5. The summed E-state index contributed by atoms with van der Waals surface area (Å²) in [5.74, 6) is 1.40. The number of primary sulfonamides is 1. The maximum Gasteiger partial charge on any atom is 0.238 e. The molecule has 2 aromatic carbocycles. The van der Waals surface area contributed by atoms with Crippen molar-refractivity contribution in [2.75, 3.05) is 12.1 Å². The van der Waals surface area contributed by atoms with Gasteiger partial charge in [-0.25, -0.2) is 23.5 Å². The summed E-state index contributed by atoms with van der Waals surface area (Å²) in [5, 5.41) is 9.63. The Hall–Kier alpha value is -2.47. The topological polar surface area (TPSA) is 116 Å². The molecule has 1 aliphatic rings. The third-order valence-electron chi connectivity index (χ3n) is 3.79. The Bertz CT molecular complexity index is 1240. The van der Waals surface area contributed by atoms with Crippen LogP contribution in [0.5, 0.6) is 11.5 Å². The Morgan fingerprint density at radius 1 is 0.962 bits per heavy atom. The van der Waals surface area contributed by atoms with Crippen molar-refractivity contribution in [1.82, 2.24) is 9.97 Å². The van der Waals surface area contributed by atoms with Crippen LogP contribution in [0, 0.1) is 0 Å². The van der Waals surface area contributed by atoms with Crippen LogP contribution in [-0.4, -0.2) is 25.2 Å². The van der Waals surface area contributed by atoms with Gasteiger partial charge in [0.1, 0.15) is 0 Å². The molecule has 0 bridgehead atoms. The molecule has 0 amide bonds. The number of sulfonamides is 1. The second-order valence-electron chi connectivity index (χ2n) is 5.51. The van der Waals surface area contributed by atoms with Gasteiger partial charge in [-0.1, -0.05) is 22.7 Å². The van der Waals surface area contributed by atoms with E-state index in [1.54, 1.807) is 6.07 Å². The van der Waals surface area contributed by atoms with Gasteiger partial charge in [-0.15, -0.1) is 0 Å². The molecule has 2 aromatic heterocycles. The van der Waals surface area contributed by atoms with Crippen molar-refractivity contribution in [2.24, 2.45) is 5.14 Å². The van der Waals surface area contributed by atoms with Gasteiger partial charge in [0.2, 0.25) is 16.8 Å². The van der Waals surface area contributed by atoms with E-state index in [1.165, 1.54) is 34.8 Å². The molecular weight excluding hydrogens is 396 g/mol. The van der Waals surface area contributed by atoms with Crippen LogP contribution >= 0.6 is 22.7 Å². The van der Waals surface area contributed by atoms with Crippen LogP contribution in [0.15, 0.2) is 35.2 Å². The first-order valence-electron chi connectivity index (χ1n) is 7.36. The molecule has 3 heterocycles. The minimum Gasteiger partial charge on any atom is -0.454 e. The predicted octanol–water partition coefficient (Wildman–Crippen LogP) is 3.03. The number of benzene rings is 2. The van der Waals surface area contributed by atoms with Gasteiger partial charge in [0.25, 0.3) is 0 Å². The van der Waals surface area contributed by atoms with E-state index in [9.17, 15) is 8.42 Å². The predicted molar refractivity (Wildman–Crippen MR) is 100 cm³/mol. The summed E-state index contributed by atoms with van der Waals surface area (Å²) in [6, 6.07) is 8.34. The fraction of sp³-hybridized carbons (Fsp3) is 0.0667. The van der Waals surface area contributed by atoms with E-state index in [0.29, 0.717) is 27.3 Å². The lowest BCUT2D eigenvalue weighted by Gasteiger charge is -1.95. The van der Waals surface area contributed by atoms with Gasteiger partial charge in [0, 0.05) is 12.1 Å². The number of anilines is 2. The van der Waals surface area contributed by atoms with Crippen molar-refractivity contribution in [3.8, 4) is 11.5 Å². The summed E-state index contributed by atoms with van der Waals surface area (Å²) < 4.78 is 35.4. The van der Waals surface area contributed by atoms with Gasteiger partial charge in [-0.3, -0.25) is 0 Å². The van der Waals surface area contributed by atoms with Crippen LogP contribution in [0.4, 0.5) is 10.3 Å². The van der Waals surface area contributed by atoms with Crippen molar-refractivity contribution in [3.63, 3.8) is 0 Å². The molecule has 0 unspecified atom stereocenters. The molecule has 0 spiro atoms. The highest BCUT2D eigenvalue weighted by Gasteiger charge is 2.17. The monoisotopic (exact) mass is 406 g/mol. The lowest BCUT2D eigenvalue weighted by Crippen LogP contribution is -2.11. The van der Waals surface area contributed by atoms with Crippen molar-refractivity contribution >= 4 is 63.4 Å². The zero-order valence-electron chi connectivity index (χ0n) is 12.9. The number of aromatic nitrogens is 2. The Morgan fingerprint density at radius 3 is 2.35 bits per heavy atom. The second-order valence-corrected chi connectivity index (χ2v) is 9.13. The van der Waals surface area contributed by atoms with Gasteiger partial charge >= 0.3 is 0 Å². The highest BCUT2D eigenvalue weighted by molar-refractivity contribution is 7.89. The van der Waals surface area contributed by atoms with E-state index in [-0.39, 0.29) is 11.7 Å². The Kier molecular flexibility index (Phi) is 3.34. The molecule has 3 N–H and O–H groups in total. The van der Waals surface area contributed by atoms with E-state index in [1.807, 2.05) is 12.1 Å². The first kappa shape index (κ1) is 15.8. The highest BCUT2D eigenvalue weighted by Crippen LogP contribution is 2.40. The van der Waals surface area contributed by atoms with Crippen LogP contribution in [-0.2, 0) is 10.0 Å². The lowest BCUT2D eigenvalue weighted by atomic mass is 10.3. The summed E-state index contributed by atoms with van der Waals surface area (Å²) in [4.78, 5) is 9.05. The molecule has 0 fully saturated rings. The standard InChI is InChI=1S/C15H10N4O4S3/c16-26(20,21)7-1-2-8-12(3-7)24-14(17-8)19-15-18-9-4-10-11(23-6-22-10)5-13(9)25-15/h1-5H,6H2,(H2,16,20,21)(H,17,18,19). The molecule has 8 nitrogen and oxygen atoms in total. The van der Waals surface area contributed by atoms with E-state index in [2.05, 4.69) is 15.3 Å². The second kappa shape index (κ2) is 5.51. The number of rotatable bonds is 3. The molecule has 5 rings (SSSR count).